The number of fused-ring (bicyclic) bond motifs is 1. The van der Waals surface area contributed by atoms with Gasteiger partial charge in [0.2, 0.25) is 0 Å². The zero-order valence-corrected chi connectivity index (χ0v) is 33.2. The molecule has 12 rings (SSSR count). The maximum atomic E-state index is 9.82. The highest BCUT2D eigenvalue weighted by Crippen LogP contribution is 2.66. The van der Waals surface area contributed by atoms with Crippen molar-refractivity contribution in [1.29, 1.82) is 5.26 Å². The molecule has 286 valence electrons. The van der Waals surface area contributed by atoms with Crippen LogP contribution in [0.4, 0.5) is 5.69 Å². The predicted octanol–water partition coefficient (Wildman–Crippen LogP) is 13.5. The molecule has 1 heterocycles. The molecule has 1 aromatic heterocycles. The van der Waals surface area contributed by atoms with Gasteiger partial charge in [-0.3, -0.25) is 0 Å². The monoisotopic (exact) mass is 771 g/mol. The first-order chi connectivity index (χ1) is 29.6. The lowest BCUT2D eigenvalue weighted by Gasteiger charge is -2.62. The summed E-state index contributed by atoms with van der Waals surface area (Å²) >= 11 is 0. The van der Waals surface area contributed by atoms with Crippen LogP contribution in [0.1, 0.15) is 48.8 Å². The van der Waals surface area contributed by atoms with Gasteiger partial charge in [0.05, 0.1) is 12.6 Å². The van der Waals surface area contributed by atoms with Crippen LogP contribution >= 0.6 is 0 Å². The van der Waals surface area contributed by atoms with Crippen LogP contribution in [0.2, 0.25) is 0 Å². The van der Waals surface area contributed by atoms with Crippen molar-refractivity contribution in [1.82, 2.24) is 15.0 Å². The van der Waals surface area contributed by atoms with Gasteiger partial charge in [0.1, 0.15) is 0 Å². The third-order valence-corrected chi connectivity index (χ3v) is 13.8. The minimum atomic E-state index is -0.101. The summed E-state index contributed by atoms with van der Waals surface area (Å²) < 4.78 is 0. The smallest absolute Gasteiger partial charge is 0.189 e. The minimum Gasteiger partial charge on any atom is -0.238 e. The molecule has 4 aliphatic rings. The van der Waals surface area contributed by atoms with Crippen molar-refractivity contribution >= 4 is 16.5 Å². The Hall–Kier alpha value is -7.21. The predicted molar refractivity (Wildman–Crippen MR) is 240 cm³/mol. The Bertz CT molecular complexity index is 2880. The molecule has 4 aliphatic carbocycles. The quantitative estimate of drug-likeness (QED) is 0.151. The van der Waals surface area contributed by atoms with Crippen molar-refractivity contribution in [2.45, 2.75) is 37.5 Å². The van der Waals surface area contributed by atoms with E-state index < -0.39 is 0 Å². The van der Waals surface area contributed by atoms with E-state index in [1.54, 1.807) is 6.07 Å². The fourth-order valence-electron chi connectivity index (χ4n) is 11.5. The molecule has 4 saturated carbocycles. The normalized spacial score (nSPS) is 21.4. The first-order valence-electron chi connectivity index (χ1n) is 21.1. The topological polar surface area (TPSA) is 66.8 Å². The van der Waals surface area contributed by atoms with Gasteiger partial charge < -0.3 is 0 Å². The van der Waals surface area contributed by atoms with Gasteiger partial charge in [0.15, 0.2) is 23.2 Å². The van der Waals surface area contributed by atoms with E-state index in [4.69, 9.17) is 21.5 Å². The fourth-order valence-corrected chi connectivity index (χ4v) is 11.5. The highest BCUT2D eigenvalue weighted by molar-refractivity contribution is 6.00. The maximum absolute atomic E-state index is 9.82. The van der Waals surface area contributed by atoms with Gasteiger partial charge in [-0.25, -0.2) is 19.8 Å². The van der Waals surface area contributed by atoms with Crippen molar-refractivity contribution in [3.8, 4) is 62.5 Å². The summed E-state index contributed by atoms with van der Waals surface area (Å²) in [7, 11) is 0. The molecule has 0 saturated heterocycles. The van der Waals surface area contributed by atoms with E-state index in [0.29, 0.717) is 40.6 Å². The number of hydrogen-bond acceptors (Lipinski definition) is 4. The summed E-state index contributed by atoms with van der Waals surface area (Å²) in [6.07, 6.45) is 6.50. The van der Waals surface area contributed by atoms with Crippen LogP contribution < -0.4 is 0 Å². The van der Waals surface area contributed by atoms with Crippen molar-refractivity contribution in [3.63, 3.8) is 0 Å². The molecule has 8 aromatic rings. The minimum absolute atomic E-state index is 0.101. The van der Waals surface area contributed by atoms with E-state index >= 15 is 0 Å². The molecule has 0 radical (unpaired) electrons. The van der Waals surface area contributed by atoms with Gasteiger partial charge in [-0.1, -0.05) is 146 Å². The SMILES string of the molecule is [C-]#[N+]c1cc(C#N)cc(-c2ccc(C3(c4ccc(-c5ccc(-c6nc(-c7ccccc7)nc(-c7ccccc7)n6)cc5)cc4)C4CC5CC(C4)CC3C5)c3ccccc23)c1. The van der Waals surface area contributed by atoms with E-state index in [1.807, 2.05) is 72.8 Å². The van der Waals surface area contributed by atoms with Crippen LogP contribution in [0.3, 0.4) is 0 Å². The van der Waals surface area contributed by atoms with E-state index in [9.17, 15) is 5.26 Å². The number of nitriles is 1. The average Bonchev–Trinajstić information content (AvgIpc) is 3.32. The number of nitrogens with zero attached hydrogens (tertiary/aromatic N) is 5. The van der Waals surface area contributed by atoms with Gasteiger partial charge in [0, 0.05) is 27.7 Å². The molecular weight excluding hydrogens is 731 g/mol. The molecule has 0 unspecified atom stereocenters. The Morgan fingerprint density at radius 1 is 0.500 bits per heavy atom. The van der Waals surface area contributed by atoms with Crippen molar-refractivity contribution in [3.05, 3.63) is 192 Å². The first kappa shape index (κ1) is 35.9. The Morgan fingerprint density at radius 2 is 1.00 bits per heavy atom. The summed E-state index contributed by atoms with van der Waals surface area (Å²) in [5, 5.41) is 12.3. The molecule has 0 N–H and O–H groups in total. The number of benzene rings is 7. The van der Waals surface area contributed by atoms with Crippen LogP contribution in [0.15, 0.2) is 164 Å². The molecule has 0 atom stereocenters. The summed E-state index contributed by atoms with van der Waals surface area (Å²) in [5.41, 5.74) is 10.9. The molecule has 0 spiro atoms. The summed E-state index contributed by atoms with van der Waals surface area (Å²) in [5.74, 6) is 4.75. The summed E-state index contributed by atoms with van der Waals surface area (Å²) in [4.78, 5) is 18.5. The highest BCUT2D eigenvalue weighted by atomic mass is 15.0. The molecule has 60 heavy (non-hydrogen) atoms. The van der Waals surface area contributed by atoms with Crippen molar-refractivity contribution in [2.75, 3.05) is 0 Å². The molecule has 0 amide bonds. The third kappa shape index (κ3) is 6.01. The van der Waals surface area contributed by atoms with E-state index in [1.165, 1.54) is 59.6 Å². The highest BCUT2D eigenvalue weighted by Gasteiger charge is 2.59. The second-order valence-electron chi connectivity index (χ2n) is 17.1. The Morgan fingerprint density at radius 3 is 1.55 bits per heavy atom. The molecule has 4 fully saturated rings. The molecule has 4 bridgehead atoms. The lowest BCUT2D eigenvalue weighted by Crippen LogP contribution is -2.56. The van der Waals surface area contributed by atoms with Gasteiger partial charge >= 0.3 is 0 Å². The molecular formula is C55H41N5. The zero-order chi connectivity index (χ0) is 40.2. The summed E-state index contributed by atoms with van der Waals surface area (Å²) in [6.45, 7) is 7.71. The van der Waals surface area contributed by atoms with Crippen LogP contribution in [0.25, 0.3) is 72.0 Å². The van der Waals surface area contributed by atoms with Gasteiger partial charge in [-0.05, 0) is 118 Å². The molecule has 0 aliphatic heterocycles. The second-order valence-corrected chi connectivity index (χ2v) is 17.1. The molecule has 5 nitrogen and oxygen atoms in total. The van der Waals surface area contributed by atoms with Crippen LogP contribution in [0.5, 0.6) is 0 Å². The van der Waals surface area contributed by atoms with Crippen LogP contribution in [0, 0.1) is 41.6 Å². The third-order valence-electron chi connectivity index (χ3n) is 13.8. The number of aromatic nitrogens is 3. The number of hydrogen-bond donors (Lipinski definition) is 0. The Balaban J connectivity index is 0.981. The lowest BCUT2D eigenvalue weighted by atomic mass is 9.42. The maximum Gasteiger partial charge on any atom is 0.189 e. The second kappa shape index (κ2) is 14.6. The largest absolute Gasteiger partial charge is 0.238 e. The van der Waals surface area contributed by atoms with E-state index in [-0.39, 0.29) is 5.41 Å². The van der Waals surface area contributed by atoms with Crippen molar-refractivity contribution < 1.29 is 0 Å². The van der Waals surface area contributed by atoms with E-state index in [0.717, 1.165) is 45.2 Å². The average molecular weight is 772 g/mol. The Kier molecular flexibility index (Phi) is 8.72. The summed E-state index contributed by atoms with van der Waals surface area (Å²) in [6, 6.07) is 59.6. The van der Waals surface area contributed by atoms with Gasteiger partial charge in [-0.2, -0.15) is 5.26 Å². The van der Waals surface area contributed by atoms with Crippen LogP contribution in [-0.2, 0) is 5.41 Å². The number of rotatable bonds is 7. The molecule has 7 aromatic carbocycles. The van der Waals surface area contributed by atoms with Crippen molar-refractivity contribution in [2.24, 2.45) is 23.7 Å². The first-order valence-corrected chi connectivity index (χ1v) is 21.1. The molecule has 5 heteroatoms. The fraction of sp³-hybridized carbons (Fsp3) is 0.182. The van der Waals surface area contributed by atoms with Gasteiger partial charge in [0.25, 0.3) is 0 Å². The zero-order valence-electron chi connectivity index (χ0n) is 33.2. The lowest BCUT2D eigenvalue weighted by molar-refractivity contribution is -0.0412. The standard InChI is InChI=1S/C55H41N5/c1-57-47-32-37(34-56)27-43(33-47)48-24-25-51(50-15-9-8-14-49(48)50)55(45-28-35-26-36(30-45)31-46(55)29-35)44-22-20-39(21-23-44)38-16-18-42(19-17-38)54-59-52(40-10-4-2-5-11-40)58-53(60-54)41-12-6-3-7-13-41/h2-25,27,32-33,35-36,45-46H,26,28-31H2. The van der Waals surface area contributed by atoms with Gasteiger partial charge in [-0.15, -0.1) is 0 Å². The van der Waals surface area contributed by atoms with Crippen LogP contribution in [-0.4, -0.2) is 15.0 Å². The van der Waals surface area contributed by atoms with E-state index in [2.05, 4.69) is 95.8 Å². The Labute approximate surface area is 350 Å².